The fraction of sp³-hybridized carbons (Fsp3) is 0.154. The Kier molecular flexibility index (Phi) is 5.81. The van der Waals surface area contributed by atoms with Crippen molar-refractivity contribution >= 4 is 45.1 Å². The van der Waals surface area contributed by atoms with Gasteiger partial charge in [-0.05, 0) is 42.7 Å². The summed E-state index contributed by atoms with van der Waals surface area (Å²) in [6.07, 6.45) is 5.82. The molecule has 1 saturated heterocycles. The van der Waals surface area contributed by atoms with Crippen molar-refractivity contribution in [3.05, 3.63) is 87.8 Å². The number of aromatic nitrogens is 2. The molecule has 7 nitrogen and oxygen atoms in total. The Hall–Kier alpha value is -4.04. The third-order valence-electron chi connectivity index (χ3n) is 5.79. The largest absolute Gasteiger partial charge is 0.312 e. The summed E-state index contributed by atoms with van der Waals surface area (Å²) in [5.41, 5.74) is 5.71. The summed E-state index contributed by atoms with van der Waals surface area (Å²) in [5.74, 6) is -0.315. The van der Waals surface area contributed by atoms with Gasteiger partial charge in [0.05, 0.1) is 5.39 Å². The SMILES string of the molecule is Cc1sc2ncn(NC(=O)/C=C/c3ccc(N4CCCC4=O)cc3)c(=O)c2c1-c1ccccc1. The zero-order chi connectivity index (χ0) is 23.7. The topological polar surface area (TPSA) is 84.3 Å². The average Bonchev–Trinajstić information content (AvgIpc) is 3.43. The van der Waals surface area contributed by atoms with Crippen LogP contribution in [0.5, 0.6) is 0 Å². The Bertz CT molecular complexity index is 1470. The fourth-order valence-electron chi connectivity index (χ4n) is 4.15. The highest BCUT2D eigenvalue weighted by Gasteiger charge is 2.21. The predicted octanol–water partition coefficient (Wildman–Crippen LogP) is 4.34. The van der Waals surface area contributed by atoms with Gasteiger partial charge in [-0.2, -0.15) is 0 Å². The molecule has 5 rings (SSSR count). The van der Waals surface area contributed by atoms with Gasteiger partial charge in [-0.15, -0.1) is 11.3 Å². The van der Waals surface area contributed by atoms with Crippen molar-refractivity contribution in [2.45, 2.75) is 19.8 Å². The van der Waals surface area contributed by atoms with E-state index in [1.807, 2.05) is 61.5 Å². The Morgan fingerprint density at radius 3 is 2.56 bits per heavy atom. The van der Waals surface area contributed by atoms with Gasteiger partial charge in [0.25, 0.3) is 11.5 Å². The number of anilines is 1. The molecule has 1 N–H and O–H groups in total. The van der Waals surface area contributed by atoms with Crippen molar-refractivity contribution in [2.75, 3.05) is 16.9 Å². The van der Waals surface area contributed by atoms with E-state index in [0.29, 0.717) is 16.6 Å². The molecule has 0 aliphatic carbocycles. The van der Waals surface area contributed by atoms with Crippen LogP contribution < -0.4 is 15.9 Å². The van der Waals surface area contributed by atoms with E-state index >= 15 is 0 Å². The first-order chi connectivity index (χ1) is 16.5. The maximum absolute atomic E-state index is 13.2. The van der Waals surface area contributed by atoms with Crippen molar-refractivity contribution in [3.8, 4) is 11.1 Å². The van der Waals surface area contributed by atoms with Crippen LogP contribution >= 0.6 is 11.3 Å². The number of fused-ring (bicyclic) bond motifs is 1. The summed E-state index contributed by atoms with van der Waals surface area (Å²) in [6, 6.07) is 17.1. The number of carbonyl (C=O) groups excluding carboxylic acids is 2. The molecule has 0 unspecified atom stereocenters. The van der Waals surface area contributed by atoms with E-state index in [0.717, 1.165) is 44.9 Å². The number of rotatable bonds is 5. The fourth-order valence-corrected chi connectivity index (χ4v) is 5.15. The van der Waals surface area contributed by atoms with E-state index in [2.05, 4.69) is 10.4 Å². The van der Waals surface area contributed by atoms with Crippen LogP contribution in [0.25, 0.3) is 27.4 Å². The summed E-state index contributed by atoms with van der Waals surface area (Å²) in [7, 11) is 0. The quantitative estimate of drug-likeness (QED) is 0.440. The first-order valence-electron chi connectivity index (χ1n) is 11.0. The maximum atomic E-state index is 13.2. The van der Waals surface area contributed by atoms with Crippen LogP contribution in [0.1, 0.15) is 23.3 Å². The summed E-state index contributed by atoms with van der Waals surface area (Å²) in [5, 5.41) is 0.493. The molecule has 34 heavy (non-hydrogen) atoms. The number of nitrogens with zero attached hydrogens (tertiary/aromatic N) is 3. The van der Waals surface area contributed by atoms with Gasteiger partial charge in [0.1, 0.15) is 11.2 Å². The molecule has 170 valence electrons. The molecule has 0 atom stereocenters. The van der Waals surface area contributed by atoms with Crippen LogP contribution in [0.3, 0.4) is 0 Å². The Morgan fingerprint density at radius 2 is 1.85 bits per heavy atom. The van der Waals surface area contributed by atoms with Crippen LogP contribution in [-0.2, 0) is 9.59 Å². The van der Waals surface area contributed by atoms with Gasteiger partial charge in [-0.1, -0.05) is 42.5 Å². The summed E-state index contributed by atoms with van der Waals surface area (Å²) in [4.78, 5) is 45.4. The number of thiophene rings is 1. The van der Waals surface area contributed by atoms with Crippen LogP contribution in [0, 0.1) is 6.92 Å². The predicted molar refractivity (Wildman–Crippen MR) is 135 cm³/mol. The highest BCUT2D eigenvalue weighted by molar-refractivity contribution is 7.19. The normalized spacial score (nSPS) is 13.8. The molecule has 0 saturated carbocycles. The van der Waals surface area contributed by atoms with Gasteiger partial charge >= 0.3 is 0 Å². The zero-order valence-electron chi connectivity index (χ0n) is 18.5. The lowest BCUT2D eigenvalue weighted by Crippen LogP contribution is -2.32. The molecule has 0 spiro atoms. The number of hydrogen-bond donors (Lipinski definition) is 1. The number of nitrogens with one attached hydrogen (secondary N) is 1. The first kappa shape index (κ1) is 21.8. The molecular formula is C26H22N4O3S. The second-order valence-corrected chi connectivity index (χ2v) is 9.25. The summed E-state index contributed by atoms with van der Waals surface area (Å²) < 4.78 is 1.12. The molecule has 3 heterocycles. The van der Waals surface area contributed by atoms with Gasteiger partial charge in [-0.3, -0.25) is 19.8 Å². The molecule has 8 heteroatoms. The van der Waals surface area contributed by atoms with Gasteiger partial charge in [0, 0.05) is 35.2 Å². The molecule has 0 bridgehead atoms. The molecule has 4 aromatic rings. The molecule has 2 aromatic carbocycles. The Balaban J connectivity index is 1.35. The minimum absolute atomic E-state index is 0.134. The van der Waals surface area contributed by atoms with Crippen molar-refractivity contribution in [3.63, 3.8) is 0 Å². The number of aryl methyl sites for hydroxylation is 1. The lowest BCUT2D eigenvalue weighted by molar-refractivity contribution is -0.117. The van der Waals surface area contributed by atoms with Gasteiger partial charge in [0.15, 0.2) is 0 Å². The van der Waals surface area contributed by atoms with Crippen molar-refractivity contribution in [1.82, 2.24) is 9.66 Å². The van der Waals surface area contributed by atoms with E-state index in [4.69, 9.17) is 0 Å². The maximum Gasteiger partial charge on any atom is 0.281 e. The van der Waals surface area contributed by atoms with Gasteiger partial charge in [-0.25, -0.2) is 9.66 Å². The minimum Gasteiger partial charge on any atom is -0.312 e. The minimum atomic E-state index is -0.449. The van der Waals surface area contributed by atoms with E-state index in [9.17, 15) is 14.4 Å². The number of amides is 2. The summed E-state index contributed by atoms with van der Waals surface area (Å²) in [6.45, 7) is 2.70. The molecule has 0 radical (unpaired) electrons. The standard InChI is InChI=1S/C26H22N4O3S/c1-17-23(19-6-3-2-4-7-19)24-25(34-17)27-16-30(26(24)33)28-21(31)14-11-18-9-12-20(13-10-18)29-15-5-8-22(29)32/h2-4,6-7,9-14,16H,5,8,15H2,1H3,(H,28,31)/b14-11+. The van der Waals surface area contributed by atoms with E-state index in [-0.39, 0.29) is 11.5 Å². The zero-order valence-corrected chi connectivity index (χ0v) is 19.3. The Labute approximate surface area is 200 Å². The van der Waals surface area contributed by atoms with Crippen molar-refractivity contribution in [1.29, 1.82) is 0 Å². The molecular weight excluding hydrogens is 448 g/mol. The first-order valence-corrected chi connectivity index (χ1v) is 11.8. The second kappa shape index (κ2) is 9.07. The molecule has 1 aliphatic rings. The summed E-state index contributed by atoms with van der Waals surface area (Å²) >= 11 is 1.46. The van der Waals surface area contributed by atoms with Crippen LogP contribution in [0.2, 0.25) is 0 Å². The molecule has 2 aromatic heterocycles. The monoisotopic (exact) mass is 470 g/mol. The third-order valence-corrected chi connectivity index (χ3v) is 6.80. The highest BCUT2D eigenvalue weighted by Crippen LogP contribution is 2.35. The van der Waals surface area contributed by atoms with E-state index < -0.39 is 5.91 Å². The smallest absolute Gasteiger partial charge is 0.281 e. The second-order valence-electron chi connectivity index (χ2n) is 8.05. The lowest BCUT2D eigenvalue weighted by atomic mass is 10.0. The van der Waals surface area contributed by atoms with Crippen molar-refractivity contribution < 1.29 is 9.59 Å². The van der Waals surface area contributed by atoms with Crippen molar-refractivity contribution in [2.24, 2.45) is 0 Å². The van der Waals surface area contributed by atoms with Crippen LogP contribution in [-0.4, -0.2) is 28.0 Å². The highest BCUT2D eigenvalue weighted by atomic mass is 32.1. The van der Waals surface area contributed by atoms with Crippen LogP contribution in [0.4, 0.5) is 5.69 Å². The van der Waals surface area contributed by atoms with Crippen LogP contribution in [0.15, 0.2) is 71.8 Å². The van der Waals surface area contributed by atoms with Gasteiger partial charge < -0.3 is 4.90 Å². The molecule has 1 aliphatic heterocycles. The Morgan fingerprint density at radius 1 is 1.09 bits per heavy atom. The average molecular weight is 471 g/mol. The molecule has 2 amide bonds. The third kappa shape index (κ3) is 4.15. The van der Waals surface area contributed by atoms with E-state index in [1.165, 1.54) is 23.7 Å². The number of hydrogen-bond acceptors (Lipinski definition) is 5. The molecule has 1 fully saturated rings. The number of carbonyl (C=O) groups is 2. The lowest BCUT2D eigenvalue weighted by Gasteiger charge is -2.15. The number of benzene rings is 2. The van der Waals surface area contributed by atoms with Gasteiger partial charge in [0.2, 0.25) is 5.91 Å². The van der Waals surface area contributed by atoms with E-state index in [1.54, 1.807) is 11.0 Å².